The lowest BCUT2D eigenvalue weighted by Gasteiger charge is -2.32. The fraction of sp³-hybridized carbons (Fsp3) is 0.316. The molecule has 0 spiro atoms. The molecule has 3 nitrogen and oxygen atoms in total. The third-order valence-electron chi connectivity index (χ3n) is 4.36. The molecule has 1 unspecified atom stereocenters. The molecule has 1 aliphatic rings. The summed E-state index contributed by atoms with van der Waals surface area (Å²) in [5, 5.41) is 3.88. The standard InChI is InChI=1S/C19H19BrCl2N2O/c20-15-5-1-3-13(9-15)11-24-8-2-4-14(12-24)19(25)23-16-6-7-17(21)18(22)10-16/h1,3,5-7,9-10,14H,2,4,8,11-12H2,(H,23,25). The highest BCUT2D eigenvalue weighted by molar-refractivity contribution is 9.10. The van der Waals surface area contributed by atoms with E-state index < -0.39 is 0 Å². The third kappa shape index (κ3) is 5.20. The van der Waals surface area contributed by atoms with Crippen LogP contribution < -0.4 is 5.32 Å². The van der Waals surface area contributed by atoms with Crippen molar-refractivity contribution < 1.29 is 4.79 Å². The van der Waals surface area contributed by atoms with E-state index in [0.717, 1.165) is 36.9 Å². The van der Waals surface area contributed by atoms with Crippen LogP contribution in [0.15, 0.2) is 46.9 Å². The third-order valence-corrected chi connectivity index (χ3v) is 5.59. The zero-order valence-electron chi connectivity index (χ0n) is 13.6. The summed E-state index contributed by atoms with van der Waals surface area (Å²) in [7, 11) is 0. The molecule has 0 aromatic heterocycles. The zero-order valence-corrected chi connectivity index (χ0v) is 16.7. The lowest BCUT2D eigenvalue weighted by atomic mass is 9.96. The predicted molar refractivity (Wildman–Crippen MR) is 107 cm³/mol. The van der Waals surface area contributed by atoms with Gasteiger partial charge in [-0.05, 0) is 55.3 Å². The molecule has 1 aliphatic heterocycles. The van der Waals surface area contributed by atoms with Gasteiger partial charge in [0.15, 0.2) is 0 Å². The first-order chi connectivity index (χ1) is 12.0. The van der Waals surface area contributed by atoms with E-state index in [1.54, 1.807) is 18.2 Å². The molecule has 1 amide bonds. The summed E-state index contributed by atoms with van der Waals surface area (Å²) in [6.07, 6.45) is 1.93. The first kappa shape index (κ1) is 18.7. The Morgan fingerprint density at radius 3 is 2.80 bits per heavy atom. The monoisotopic (exact) mass is 440 g/mol. The van der Waals surface area contributed by atoms with Crippen LogP contribution in [0.3, 0.4) is 0 Å². The first-order valence-electron chi connectivity index (χ1n) is 8.24. The number of carbonyl (C=O) groups is 1. The highest BCUT2D eigenvalue weighted by Gasteiger charge is 2.26. The van der Waals surface area contributed by atoms with E-state index in [9.17, 15) is 4.79 Å². The van der Waals surface area contributed by atoms with E-state index in [1.807, 2.05) is 12.1 Å². The predicted octanol–water partition coefficient (Wildman–Crippen LogP) is 5.61. The summed E-state index contributed by atoms with van der Waals surface area (Å²) in [5.74, 6) is 0.0210. The van der Waals surface area contributed by atoms with Gasteiger partial charge >= 0.3 is 0 Å². The average Bonchev–Trinajstić information content (AvgIpc) is 2.58. The molecule has 2 aromatic rings. The highest BCUT2D eigenvalue weighted by Crippen LogP contribution is 2.26. The van der Waals surface area contributed by atoms with Crippen LogP contribution >= 0.6 is 39.1 Å². The van der Waals surface area contributed by atoms with E-state index in [0.29, 0.717) is 15.7 Å². The molecular formula is C19H19BrCl2N2O. The normalized spacial score (nSPS) is 18.1. The van der Waals surface area contributed by atoms with Crippen molar-refractivity contribution in [1.29, 1.82) is 0 Å². The summed E-state index contributed by atoms with van der Waals surface area (Å²) in [6.45, 7) is 2.64. The van der Waals surface area contributed by atoms with Crippen LogP contribution in [0.5, 0.6) is 0 Å². The van der Waals surface area contributed by atoms with Gasteiger partial charge in [-0.1, -0.05) is 51.3 Å². The molecule has 6 heteroatoms. The number of hydrogen-bond donors (Lipinski definition) is 1. The molecule has 1 atom stereocenters. The largest absolute Gasteiger partial charge is 0.326 e. The number of likely N-dealkylation sites (tertiary alicyclic amines) is 1. The quantitative estimate of drug-likeness (QED) is 0.668. The van der Waals surface area contributed by atoms with Gasteiger partial charge in [-0.3, -0.25) is 9.69 Å². The number of carbonyl (C=O) groups excluding carboxylic acids is 1. The Labute approximate surface area is 166 Å². The molecule has 25 heavy (non-hydrogen) atoms. The smallest absolute Gasteiger partial charge is 0.228 e. The Balaban J connectivity index is 1.60. The number of amides is 1. The molecule has 0 bridgehead atoms. The van der Waals surface area contributed by atoms with Crippen molar-refractivity contribution in [2.24, 2.45) is 5.92 Å². The molecule has 2 aromatic carbocycles. The molecule has 1 heterocycles. The summed E-state index contributed by atoms with van der Waals surface area (Å²) in [6, 6.07) is 13.5. The van der Waals surface area contributed by atoms with Crippen LogP contribution in [-0.4, -0.2) is 23.9 Å². The molecular weight excluding hydrogens is 423 g/mol. The lowest BCUT2D eigenvalue weighted by molar-refractivity contribution is -0.121. The topological polar surface area (TPSA) is 32.3 Å². The molecule has 0 saturated carbocycles. The van der Waals surface area contributed by atoms with Gasteiger partial charge < -0.3 is 5.32 Å². The minimum absolute atomic E-state index is 0.0182. The first-order valence-corrected chi connectivity index (χ1v) is 9.79. The maximum atomic E-state index is 12.6. The Kier molecular flexibility index (Phi) is 6.39. The van der Waals surface area contributed by atoms with Crippen LogP contribution in [0.1, 0.15) is 18.4 Å². The van der Waals surface area contributed by atoms with Crippen molar-refractivity contribution in [3.8, 4) is 0 Å². The number of nitrogens with one attached hydrogen (secondary N) is 1. The zero-order chi connectivity index (χ0) is 17.8. The van der Waals surface area contributed by atoms with Gasteiger partial charge in [-0.2, -0.15) is 0 Å². The van der Waals surface area contributed by atoms with E-state index in [4.69, 9.17) is 23.2 Å². The van der Waals surface area contributed by atoms with Crippen molar-refractivity contribution in [3.63, 3.8) is 0 Å². The van der Waals surface area contributed by atoms with Crippen LogP contribution in [0.25, 0.3) is 0 Å². The van der Waals surface area contributed by atoms with E-state index in [2.05, 4.69) is 38.3 Å². The minimum Gasteiger partial charge on any atom is -0.326 e. The minimum atomic E-state index is -0.0182. The molecule has 1 N–H and O–H groups in total. The Bertz CT molecular complexity index is 769. The summed E-state index contributed by atoms with van der Waals surface area (Å²) >= 11 is 15.4. The van der Waals surface area contributed by atoms with Crippen molar-refractivity contribution in [1.82, 2.24) is 4.90 Å². The SMILES string of the molecule is O=C(Nc1ccc(Cl)c(Cl)c1)C1CCCN(Cc2cccc(Br)c2)C1. The van der Waals surface area contributed by atoms with Gasteiger partial charge in [-0.15, -0.1) is 0 Å². The second kappa shape index (κ2) is 8.54. The van der Waals surface area contributed by atoms with Crippen molar-refractivity contribution in [3.05, 3.63) is 62.5 Å². The summed E-state index contributed by atoms with van der Waals surface area (Å²) < 4.78 is 1.08. The fourth-order valence-electron chi connectivity index (χ4n) is 3.12. The van der Waals surface area contributed by atoms with Crippen molar-refractivity contribution in [2.75, 3.05) is 18.4 Å². The van der Waals surface area contributed by atoms with Gasteiger partial charge in [-0.25, -0.2) is 0 Å². The van der Waals surface area contributed by atoms with Gasteiger partial charge in [0.25, 0.3) is 0 Å². The van der Waals surface area contributed by atoms with Crippen LogP contribution in [0, 0.1) is 5.92 Å². The molecule has 0 aliphatic carbocycles. The highest BCUT2D eigenvalue weighted by atomic mass is 79.9. The van der Waals surface area contributed by atoms with Crippen LogP contribution in [-0.2, 0) is 11.3 Å². The number of benzene rings is 2. The lowest BCUT2D eigenvalue weighted by Crippen LogP contribution is -2.40. The van der Waals surface area contributed by atoms with E-state index in [1.165, 1.54) is 5.56 Å². The second-order valence-electron chi connectivity index (χ2n) is 6.32. The molecule has 3 rings (SSSR count). The van der Waals surface area contributed by atoms with Crippen LogP contribution in [0.2, 0.25) is 10.0 Å². The second-order valence-corrected chi connectivity index (χ2v) is 8.05. The van der Waals surface area contributed by atoms with Crippen LogP contribution in [0.4, 0.5) is 5.69 Å². The number of hydrogen-bond acceptors (Lipinski definition) is 2. The fourth-order valence-corrected chi connectivity index (χ4v) is 3.87. The van der Waals surface area contributed by atoms with E-state index in [-0.39, 0.29) is 11.8 Å². The Hall–Kier alpha value is -1.07. The average molecular weight is 442 g/mol. The molecule has 1 fully saturated rings. The number of piperidine rings is 1. The van der Waals surface area contributed by atoms with Gasteiger partial charge in [0.2, 0.25) is 5.91 Å². The van der Waals surface area contributed by atoms with E-state index >= 15 is 0 Å². The maximum absolute atomic E-state index is 12.6. The number of nitrogens with zero attached hydrogens (tertiary/aromatic N) is 1. The molecule has 132 valence electrons. The van der Waals surface area contributed by atoms with Gasteiger partial charge in [0.1, 0.15) is 0 Å². The Morgan fingerprint density at radius 1 is 1.20 bits per heavy atom. The van der Waals surface area contributed by atoms with Crippen molar-refractivity contribution in [2.45, 2.75) is 19.4 Å². The van der Waals surface area contributed by atoms with Gasteiger partial charge in [0.05, 0.1) is 16.0 Å². The Morgan fingerprint density at radius 2 is 2.04 bits per heavy atom. The van der Waals surface area contributed by atoms with Gasteiger partial charge in [0, 0.05) is 23.2 Å². The number of anilines is 1. The summed E-state index contributed by atoms with van der Waals surface area (Å²) in [5.41, 5.74) is 1.93. The van der Waals surface area contributed by atoms with Crippen molar-refractivity contribution >= 4 is 50.7 Å². The molecule has 1 saturated heterocycles. The molecule has 0 radical (unpaired) electrons. The maximum Gasteiger partial charge on any atom is 0.228 e. The number of rotatable bonds is 4. The summed E-state index contributed by atoms with van der Waals surface area (Å²) in [4.78, 5) is 14.9. The number of halogens is 3.